The van der Waals surface area contributed by atoms with Gasteiger partial charge in [0.15, 0.2) is 10.8 Å². The summed E-state index contributed by atoms with van der Waals surface area (Å²) in [5.41, 5.74) is 7.52. The van der Waals surface area contributed by atoms with E-state index in [-0.39, 0.29) is 0 Å². The topological polar surface area (TPSA) is 65.4 Å². The van der Waals surface area contributed by atoms with Crippen molar-refractivity contribution in [3.05, 3.63) is 54.2 Å². The van der Waals surface area contributed by atoms with Gasteiger partial charge in [-0.3, -0.25) is 4.40 Å². The van der Waals surface area contributed by atoms with Crippen LogP contribution in [0.2, 0.25) is 0 Å². The van der Waals surface area contributed by atoms with E-state index >= 15 is 0 Å². The predicted octanol–water partition coefficient (Wildman–Crippen LogP) is 2.36. The maximum Gasteiger partial charge on any atom is 0.195 e. The number of pyridine rings is 1. The van der Waals surface area contributed by atoms with E-state index in [0.29, 0.717) is 13.2 Å². The van der Waals surface area contributed by atoms with Crippen LogP contribution in [-0.2, 0) is 6.54 Å². The zero-order valence-corrected chi connectivity index (χ0v) is 12.3. The lowest BCUT2D eigenvalue weighted by molar-refractivity contribution is 0.344. The molecule has 0 radical (unpaired) electrons. The first-order chi connectivity index (χ1) is 10.4. The van der Waals surface area contributed by atoms with Gasteiger partial charge in [0.1, 0.15) is 5.75 Å². The van der Waals surface area contributed by atoms with Gasteiger partial charge in [0, 0.05) is 18.5 Å². The number of fused-ring (bicyclic) bond motifs is 1. The van der Waals surface area contributed by atoms with Gasteiger partial charge < -0.3 is 10.5 Å². The van der Waals surface area contributed by atoms with Gasteiger partial charge in [-0.1, -0.05) is 30.0 Å². The Hall–Kier alpha value is -2.05. The minimum absolute atomic E-state index is 0.552. The number of ether oxygens (including phenoxy) is 1. The molecule has 2 aromatic heterocycles. The van der Waals surface area contributed by atoms with Gasteiger partial charge in [-0.05, 0) is 29.8 Å². The Kier molecular flexibility index (Phi) is 4.37. The molecular weight excluding hydrogens is 284 g/mol. The van der Waals surface area contributed by atoms with Crippen LogP contribution in [-0.4, -0.2) is 27.0 Å². The highest BCUT2D eigenvalue weighted by atomic mass is 32.2. The standard InChI is InChI=1S/C15H16N4OS/c16-11-12-4-6-13(7-5-12)20-9-10-21-15-18-17-14-3-1-2-8-19(14)15/h1-8H,9-11,16H2. The highest BCUT2D eigenvalue weighted by Gasteiger charge is 2.04. The lowest BCUT2D eigenvalue weighted by atomic mass is 10.2. The van der Waals surface area contributed by atoms with Crippen LogP contribution in [0, 0.1) is 0 Å². The van der Waals surface area contributed by atoms with E-state index in [4.69, 9.17) is 10.5 Å². The molecule has 0 bridgehead atoms. The normalized spacial score (nSPS) is 10.9. The van der Waals surface area contributed by atoms with Crippen molar-refractivity contribution in [1.29, 1.82) is 0 Å². The Labute approximate surface area is 127 Å². The van der Waals surface area contributed by atoms with Crippen molar-refractivity contribution in [1.82, 2.24) is 14.6 Å². The fourth-order valence-electron chi connectivity index (χ4n) is 1.93. The number of nitrogens with zero attached hydrogens (tertiary/aromatic N) is 3. The van der Waals surface area contributed by atoms with Crippen LogP contribution in [0.3, 0.4) is 0 Å². The van der Waals surface area contributed by atoms with Gasteiger partial charge in [-0.15, -0.1) is 10.2 Å². The van der Waals surface area contributed by atoms with Crippen LogP contribution in [0.1, 0.15) is 5.56 Å². The van der Waals surface area contributed by atoms with Crippen molar-refractivity contribution in [2.24, 2.45) is 5.73 Å². The molecule has 108 valence electrons. The first kappa shape index (κ1) is 13.9. The van der Waals surface area contributed by atoms with Crippen LogP contribution in [0.15, 0.2) is 53.8 Å². The molecule has 0 saturated heterocycles. The Balaban J connectivity index is 1.51. The largest absolute Gasteiger partial charge is 0.493 e. The lowest BCUT2D eigenvalue weighted by Gasteiger charge is -2.06. The first-order valence-electron chi connectivity index (χ1n) is 6.71. The smallest absolute Gasteiger partial charge is 0.195 e. The summed E-state index contributed by atoms with van der Waals surface area (Å²) >= 11 is 1.63. The summed E-state index contributed by atoms with van der Waals surface area (Å²) < 4.78 is 7.67. The molecule has 0 aliphatic rings. The number of benzene rings is 1. The third-order valence-electron chi connectivity index (χ3n) is 3.02. The Morgan fingerprint density at radius 2 is 1.95 bits per heavy atom. The SMILES string of the molecule is NCc1ccc(OCCSc2nnc3ccccn23)cc1. The number of hydrogen-bond donors (Lipinski definition) is 1. The van der Waals surface area contributed by atoms with Gasteiger partial charge in [0.25, 0.3) is 0 Å². The second-order valence-corrected chi connectivity index (χ2v) is 5.52. The zero-order valence-electron chi connectivity index (χ0n) is 11.5. The van der Waals surface area contributed by atoms with Gasteiger partial charge in [0.05, 0.1) is 6.61 Å². The van der Waals surface area contributed by atoms with Gasteiger partial charge >= 0.3 is 0 Å². The van der Waals surface area contributed by atoms with Gasteiger partial charge in [-0.25, -0.2) is 0 Å². The molecule has 0 atom stereocenters. The van der Waals surface area contributed by atoms with Crippen molar-refractivity contribution in [2.75, 3.05) is 12.4 Å². The molecule has 2 heterocycles. The van der Waals surface area contributed by atoms with Crippen LogP contribution < -0.4 is 10.5 Å². The predicted molar refractivity (Wildman–Crippen MR) is 83.5 cm³/mol. The van der Waals surface area contributed by atoms with Crippen LogP contribution in [0.5, 0.6) is 5.75 Å². The van der Waals surface area contributed by atoms with E-state index in [2.05, 4.69) is 10.2 Å². The average molecular weight is 300 g/mol. The molecule has 0 aliphatic heterocycles. The van der Waals surface area contributed by atoms with E-state index in [1.54, 1.807) is 11.8 Å². The molecule has 3 aromatic rings. The molecule has 6 heteroatoms. The van der Waals surface area contributed by atoms with E-state index in [1.807, 2.05) is 53.1 Å². The average Bonchev–Trinajstić information content (AvgIpc) is 2.95. The minimum Gasteiger partial charge on any atom is -0.493 e. The molecule has 0 unspecified atom stereocenters. The van der Waals surface area contributed by atoms with Crippen LogP contribution in [0.25, 0.3) is 5.65 Å². The summed E-state index contributed by atoms with van der Waals surface area (Å²) in [6, 6.07) is 13.7. The highest BCUT2D eigenvalue weighted by Crippen LogP contribution is 2.17. The molecule has 3 rings (SSSR count). The van der Waals surface area contributed by atoms with Gasteiger partial charge in [-0.2, -0.15) is 0 Å². The summed E-state index contributed by atoms with van der Waals surface area (Å²) in [4.78, 5) is 0. The molecule has 5 nitrogen and oxygen atoms in total. The van der Waals surface area contributed by atoms with Crippen molar-refractivity contribution in [3.8, 4) is 5.75 Å². The first-order valence-corrected chi connectivity index (χ1v) is 7.70. The van der Waals surface area contributed by atoms with Crippen molar-refractivity contribution in [2.45, 2.75) is 11.7 Å². The van der Waals surface area contributed by atoms with Crippen molar-refractivity contribution < 1.29 is 4.74 Å². The molecule has 1 aromatic carbocycles. The van der Waals surface area contributed by atoms with E-state index in [0.717, 1.165) is 27.9 Å². The third kappa shape index (κ3) is 3.34. The molecule has 0 fully saturated rings. The summed E-state index contributed by atoms with van der Waals surface area (Å²) in [5, 5.41) is 9.17. The fourth-order valence-corrected chi connectivity index (χ4v) is 2.67. The van der Waals surface area contributed by atoms with E-state index in [1.165, 1.54) is 0 Å². The second-order valence-electron chi connectivity index (χ2n) is 4.46. The maximum atomic E-state index is 5.70. The van der Waals surface area contributed by atoms with E-state index in [9.17, 15) is 0 Å². The molecule has 2 N–H and O–H groups in total. The van der Waals surface area contributed by atoms with E-state index < -0.39 is 0 Å². The number of thioether (sulfide) groups is 1. The highest BCUT2D eigenvalue weighted by molar-refractivity contribution is 7.99. The van der Waals surface area contributed by atoms with Crippen molar-refractivity contribution >= 4 is 17.4 Å². The van der Waals surface area contributed by atoms with Crippen LogP contribution in [0.4, 0.5) is 0 Å². The Morgan fingerprint density at radius 3 is 2.76 bits per heavy atom. The number of nitrogens with two attached hydrogens (primary N) is 1. The van der Waals surface area contributed by atoms with Crippen molar-refractivity contribution in [3.63, 3.8) is 0 Å². The third-order valence-corrected chi connectivity index (χ3v) is 3.93. The molecular formula is C15H16N4OS. The number of aromatic nitrogens is 3. The Morgan fingerprint density at radius 1 is 1.10 bits per heavy atom. The second kappa shape index (κ2) is 6.60. The zero-order chi connectivity index (χ0) is 14.5. The Bertz CT molecular complexity index is 711. The lowest BCUT2D eigenvalue weighted by Crippen LogP contribution is -2.01. The quantitative estimate of drug-likeness (QED) is 0.559. The molecule has 0 aliphatic carbocycles. The minimum atomic E-state index is 0.552. The van der Waals surface area contributed by atoms with Gasteiger partial charge in [0.2, 0.25) is 0 Å². The molecule has 0 amide bonds. The summed E-state index contributed by atoms with van der Waals surface area (Å²) in [6.45, 7) is 1.17. The monoisotopic (exact) mass is 300 g/mol. The molecule has 0 saturated carbocycles. The van der Waals surface area contributed by atoms with Crippen LogP contribution >= 0.6 is 11.8 Å². The molecule has 21 heavy (non-hydrogen) atoms. The molecule has 0 spiro atoms. The fraction of sp³-hybridized carbons (Fsp3) is 0.200. The number of hydrogen-bond acceptors (Lipinski definition) is 5. The number of rotatable bonds is 6. The summed E-state index contributed by atoms with van der Waals surface area (Å²) in [5.74, 6) is 1.67. The summed E-state index contributed by atoms with van der Waals surface area (Å²) in [6.07, 6.45) is 1.96. The summed E-state index contributed by atoms with van der Waals surface area (Å²) in [7, 11) is 0. The maximum absolute atomic E-state index is 5.70.